The van der Waals surface area contributed by atoms with Crippen LogP contribution in [0.2, 0.25) is 0 Å². The Labute approximate surface area is 675 Å². The third-order valence-corrected chi connectivity index (χ3v) is 27.7. The highest BCUT2D eigenvalue weighted by molar-refractivity contribution is 7.75. The predicted octanol–water partition coefficient (Wildman–Crippen LogP) is 23.5. The lowest BCUT2D eigenvalue weighted by molar-refractivity contribution is -0.929. The molecule has 0 fully saturated rings. The van der Waals surface area contributed by atoms with E-state index >= 15 is 0 Å². The van der Waals surface area contributed by atoms with Gasteiger partial charge >= 0.3 is 0 Å². The van der Waals surface area contributed by atoms with E-state index in [0.29, 0.717) is 11.3 Å². The van der Waals surface area contributed by atoms with Gasteiger partial charge in [-0.05, 0) is 142 Å². The van der Waals surface area contributed by atoms with Crippen LogP contribution in [0.4, 0.5) is 0 Å². The molecule has 102 heavy (non-hydrogen) atoms. The van der Waals surface area contributed by atoms with Crippen molar-refractivity contribution in [1.29, 1.82) is 0 Å². The van der Waals surface area contributed by atoms with Gasteiger partial charge in [-0.1, -0.05) is 351 Å². The van der Waals surface area contributed by atoms with Gasteiger partial charge < -0.3 is 44.3 Å². The van der Waals surface area contributed by atoms with Gasteiger partial charge in [0.05, 0.1) is 62.1 Å². The van der Waals surface area contributed by atoms with Gasteiger partial charge in [0.1, 0.15) is 0 Å². The second-order valence-corrected chi connectivity index (χ2v) is 35.5. The summed E-state index contributed by atoms with van der Waals surface area (Å²) >= 11 is 0. The fraction of sp³-hybridized carbons (Fsp3) is 0.648. The number of nitrogens with two attached hydrogens (primary N) is 1. The number of quaternary nitrogens is 1. The summed E-state index contributed by atoms with van der Waals surface area (Å²) in [5, 5.41) is 0.0240. The average molecular weight is 1610 g/mol. The summed E-state index contributed by atoms with van der Waals surface area (Å²) in [6.07, 6.45) is 48.2. The van der Waals surface area contributed by atoms with Crippen molar-refractivity contribution in [2.24, 2.45) is 5.73 Å². The van der Waals surface area contributed by atoms with Crippen molar-refractivity contribution in [2.45, 2.75) is 324 Å². The molecule has 3 nitrogen and oxygen atoms in total. The van der Waals surface area contributed by atoms with Crippen LogP contribution in [0.3, 0.4) is 0 Å². The standard InChI is InChI=1S/C25H21P.C19H33N.C16H36N.C16H36OP.C15H31P.BrH.4ClH/c26-25(21-14-6-2-7-15-21,22-16-8-3-9-17-22)24-19-11-10-18-23(24)20-12-4-1-5-13-20;1-4-7-12-17-13-10-11-14-18(17)19(20,15-8-5-2)16-9-6-3;1-5-9-13-17(14-10-6-2,15-11-7-3)16-12-8-4;1-6-9-12-18(13-10-7-2,14-11-8-3)15-16(4)17-5;1-5-8-11-14(4)15(16,12-9-6-2)13-10-7-3;;;;;/h1-19H,26H2;10-11,13-14H,4-9,12,15-16,20H2,1-3H3;5-16H2,1-4H3;16H,6-15H2,1-5H3;4-13,16H2,1-3H3;5*1H/q;;2*+1;;;;;;/p-2. The highest BCUT2D eigenvalue weighted by Crippen LogP contribution is 2.61. The van der Waals surface area contributed by atoms with Crippen molar-refractivity contribution in [3.8, 4) is 11.1 Å². The number of nitrogens with zero attached hydrogens (tertiary/aromatic N) is 1. The van der Waals surface area contributed by atoms with Gasteiger partial charge in [-0.3, -0.25) is 0 Å². The van der Waals surface area contributed by atoms with Gasteiger partial charge in [-0.15, -0.1) is 55.7 Å². The molecule has 5 rings (SSSR count). The molecule has 3 atom stereocenters. The van der Waals surface area contributed by atoms with E-state index in [1.54, 1.807) is 0 Å². The van der Waals surface area contributed by atoms with Crippen LogP contribution < -0.4 is 35.1 Å². The molecule has 0 aromatic heterocycles. The minimum absolute atomic E-state index is 0. The average Bonchev–Trinajstić information content (AvgIpc) is 0.755. The maximum Gasteiger partial charge on any atom is 0.0877 e. The van der Waals surface area contributed by atoms with Crippen LogP contribution in [0.15, 0.2) is 152 Å². The number of benzene rings is 5. The summed E-state index contributed by atoms with van der Waals surface area (Å²) in [6, 6.07) is 49.6. The molecule has 0 amide bonds. The first-order valence-corrected chi connectivity index (χ1v) is 44.3. The first-order chi connectivity index (χ1) is 47.0. The summed E-state index contributed by atoms with van der Waals surface area (Å²) < 4.78 is 6.99. The lowest BCUT2D eigenvalue weighted by Gasteiger charge is -2.39. The number of hydrogen-bond donors (Lipinski definition) is 1. The Morgan fingerprint density at radius 3 is 1.15 bits per heavy atom. The molecule has 0 bridgehead atoms. The molecule has 2 N–H and O–H groups in total. The quantitative estimate of drug-likeness (QED) is 0.0182. The second kappa shape index (κ2) is 67.7. The monoisotopic (exact) mass is 1610 g/mol. The maximum atomic E-state index is 6.86. The Bertz CT molecular complexity index is 2520. The highest BCUT2D eigenvalue weighted by Gasteiger charge is 2.38. The van der Waals surface area contributed by atoms with E-state index in [0.717, 1.165) is 12.8 Å². The Hall–Kier alpha value is -1.35. The van der Waals surface area contributed by atoms with Crippen molar-refractivity contribution in [3.63, 3.8) is 0 Å². The number of rotatable bonds is 48. The van der Waals surface area contributed by atoms with Gasteiger partial charge in [-0.25, -0.2) is 0 Å². The van der Waals surface area contributed by atoms with Crippen LogP contribution >= 0.6 is 63.0 Å². The SMILES string of the molecule is C=C(CCCC)C(P)(CCCC)CCCC.CCCC[N+](CCCC)(CCCC)CCCC.CCCC[P+](CCCC)(CCCC)CC(C)OC.CCCCc1ccccc1C(N)(CCCC)CCCC.Cl.Cl.Cl.PC(c1ccccc1)(c1ccccc1)c1ccccc1-c1ccccc1.[Br-].[Cl-]. The summed E-state index contributed by atoms with van der Waals surface area (Å²) in [4.78, 5) is 0. The number of unbranched alkanes of at least 4 members (excludes halogenated alkanes) is 13. The Balaban J connectivity index is -0.000000385. The van der Waals surface area contributed by atoms with Crippen LogP contribution in [0, 0.1) is 0 Å². The van der Waals surface area contributed by atoms with Gasteiger partial charge in [0.2, 0.25) is 0 Å². The van der Waals surface area contributed by atoms with Crippen molar-refractivity contribution in [2.75, 3.05) is 57.9 Å². The number of aryl methyl sites for hydroxylation is 1. The van der Waals surface area contributed by atoms with E-state index in [1.807, 2.05) is 7.11 Å². The van der Waals surface area contributed by atoms with Crippen LogP contribution in [-0.4, -0.2) is 73.7 Å². The Morgan fingerprint density at radius 2 is 0.775 bits per heavy atom. The van der Waals surface area contributed by atoms with E-state index < -0.39 is 7.26 Å². The van der Waals surface area contributed by atoms with Gasteiger partial charge in [0.25, 0.3) is 0 Å². The number of halogens is 5. The summed E-state index contributed by atoms with van der Waals surface area (Å²) in [5.41, 5.74) is 17.4. The van der Waals surface area contributed by atoms with E-state index in [9.17, 15) is 0 Å². The van der Waals surface area contributed by atoms with Gasteiger partial charge in [0, 0.05) is 25.1 Å². The van der Waals surface area contributed by atoms with Crippen molar-refractivity contribution < 1.29 is 38.6 Å². The zero-order valence-electron chi connectivity index (χ0n) is 68.4. The minimum Gasteiger partial charge on any atom is -1.00 e. The first kappa shape index (κ1) is 109. The van der Waals surface area contributed by atoms with Crippen LogP contribution in [0.25, 0.3) is 11.1 Å². The molecule has 0 saturated heterocycles. The first-order valence-electron chi connectivity index (χ1n) is 40.6. The van der Waals surface area contributed by atoms with Crippen molar-refractivity contribution >= 4 is 63.0 Å². The molecular weight excluding hydrogens is 1450 g/mol. The van der Waals surface area contributed by atoms with Crippen molar-refractivity contribution in [3.05, 3.63) is 179 Å². The van der Waals surface area contributed by atoms with E-state index in [-0.39, 0.29) is 77.3 Å². The van der Waals surface area contributed by atoms with Crippen LogP contribution in [0.5, 0.6) is 0 Å². The molecule has 3 unspecified atom stereocenters. The third-order valence-electron chi connectivity index (χ3n) is 20.6. The number of ether oxygens (including phenoxy) is 1. The summed E-state index contributed by atoms with van der Waals surface area (Å²) in [6.45, 7) is 42.2. The highest BCUT2D eigenvalue weighted by atomic mass is 79.9. The van der Waals surface area contributed by atoms with Gasteiger partial charge in [-0.2, -0.15) is 0 Å². The molecule has 0 radical (unpaired) electrons. The molecular formula is C91H160BrCl4N2OP3. The zero-order valence-corrected chi connectivity index (χ0v) is 76.4. The number of allylic oxidation sites excluding steroid dienone is 1. The zero-order chi connectivity index (χ0) is 72.0. The van der Waals surface area contributed by atoms with Gasteiger partial charge in [0.15, 0.2) is 0 Å². The number of hydrogen-bond acceptors (Lipinski definition) is 2. The smallest absolute Gasteiger partial charge is 0.0877 e. The molecule has 0 spiro atoms. The molecule has 5 aromatic carbocycles. The molecule has 0 aliphatic carbocycles. The third kappa shape index (κ3) is 42.6. The maximum absolute atomic E-state index is 6.86. The molecule has 590 valence electrons. The molecule has 0 aliphatic heterocycles. The Morgan fingerprint density at radius 1 is 0.441 bits per heavy atom. The molecule has 5 aromatic rings. The normalized spacial score (nSPS) is 11.5. The predicted molar refractivity (Wildman–Crippen MR) is 473 cm³/mol. The van der Waals surface area contributed by atoms with E-state index in [4.69, 9.17) is 10.5 Å². The molecule has 0 heterocycles. The number of methoxy groups -OCH3 is 1. The Kier molecular flexibility index (Phi) is 72.6. The van der Waals surface area contributed by atoms with Crippen LogP contribution in [0.1, 0.15) is 324 Å². The largest absolute Gasteiger partial charge is 1.00 e. The molecule has 0 saturated carbocycles. The topological polar surface area (TPSA) is 35.2 Å². The lowest BCUT2D eigenvalue weighted by Crippen LogP contribution is -3.00. The van der Waals surface area contributed by atoms with Crippen LogP contribution in [-0.2, 0) is 21.9 Å². The fourth-order valence-corrected chi connectivity index (χ4v) is 20.6. The molecule has 0 aliphatic rings. The van der Waals surface area contributed by atoms with Crippen molar-refractivity contribution in [1.82, 2.24) is 0 Å². The molecule has 11 heteroatoms. The lowest BCUT2D eigenvalue weighted by atomic mass is 9.78. The second-order valence-electron chi connectivity index (χ2n) is 29.1. The fourth-order valence-electron chi connectivity index (χ4n) is 14.0. The van der Waals surface area contributed by atoms with E-state index in [2.05, 4.69) is 262 Å². The summed E-state index contributed by atoms with van der Waals surface area (Å²) in [5.74, 6) is 0. The van der Waals surface area contributed by atoms with E-state index in [1.165, 1.54) is 292 Å². The minimum atomic E-state index is -0.743. The summed E-state index contributed by atoms with van der Waals surface area (Å²) in [7, 11) is 7.40.